The number of ether oxygens (including phenoxy) is 1. The van der Waals surface area contributed by atoms with Gasteiger partial charge in [-0.05, 0) is 19.8 Å². The summed E-state index contributed by atoms with van der Waals surface area (Å²) in [7, 11) is 0. The van der Waals surface area contributed by atoms with E-state index in [0.29, 0.717) is 6.42 Å². The molecule has 0 aromatic heterocycles. The first kappa shape index (κ1) is 16.4. The van der Waals surface area contributed by atoms with Crippen LogP contribution in [-0.4, -0.2) is 35.6 Å². The van der Waals surface area contributed by atoms with E-state index in [1.165, 1.54) is 0 Å². The Morgan fingerprint density at radius 3 is 2.39 bits per heavy atom. The third kappa shape index (κ3) is 7.65. The van der Waals surface area contributed by atoms with E-state index in [4.69, 9.17) is 9.84 Å². The lowest BCUT2D eigenvalue weighted by Crippen LogP contribution is -2.41. The summed E-state index contributed by atoms with van der Waals surface area (Å²) < 4.78 is 4.70. The van der Waals surface area contributed by atoms with Crippen LogP contribution in [0.15, 0.2) is 0 Å². The molecule has 0 aliphatic carbocycles. The molecule has 0 radical (unpaired) electrons. The van der Waals surface area contributed by atoms with Crippen molar-refractivity contribution >= 4 is 17.8 Å². The lowest BCUT2D eigenvalue weighted by Gasteiger charge is -2.13. The minimum atomic E-state index is -1.14. The van der Waals surface area contributed by atoms with Gasteiger partial charge in [0.25, 0.3) is 0 Å². The van der Waals surface area contributed by atoms with Gasteiger partial charge in [-0.2, -0.15) is 0 Å². The van der Waals surface area contributed by atoms with Gasteiger partial charge in [0.2, 0.25) is 5.91 Å². The van der Waals surface area contributed by atoms with Gasteiger partial charge in [-0.1, -0.05) is 13.3 Å². The summed E-state index contributed by atoms with van der Waals surface area (Å²) in [5.74, 6) is -1.89. The number of rotatable bonds is 9. The van der Waals surface area contributed by atoms with Crippen molar-refractivity contribution in [2.75, 3.05) is 6.61 Å². The zero-order chi connectivity index (χ0) is 14.0. The molecule has 6 heteroatoms. The Hall–Kier alpha value is -1.59. The highest BCUT2D eigenvalue weighted by Gasteiger charge is 2.20. The summed E-state index contributed by atoms with van der Waals surface area (Å²) in [6.45, 7) is 3.89. The van der Waals surface area contributed by atoms with E-state index in [-0.39, 0.29) is 25.4 Å². The van der Waals surface area contributed by atoms with Crippen LogP contribution in [0.5, 0.6) is 0 Å². The smallest absolute Gasteiger partial charge is 0.326 e. The Morgan fingerprint density at radius 2 is 1.89 bits per heavy atom. The second-order valence-corrected chi connectivity index (χ2v) is 3.91. The van der Waals surface area contributed by atoms with Crippen molar-refractivity contribution in [3.63, 3.8) is 0 Å². The van der Waals surface area contributed by atoms with E-state index in [0.717, 1.165) is 12.8 Å². The van der Waals surface area contributed by atoms with Crippen LogP contribution in [0.4, 0.5) is 0 Å². The van der Waals surface area contributed by atoms with Gasteiger partial charge in [-0.3, -0.25) is 9.59 Å². The molecular formula is C12H21NO5. The van der Waals surface area contributed by atoms with E-state index >= 15 is 0 Å². The molecule has 0 heterocycles. The Balaban J connectivity index is 4.11. The largest absolute Gasteiger partial charge is 0.480 e. The third-order valence-corrected chi connectivity index (χ3v) is 2.33. The molecule has 2 N–H and O–H groups in total. The van der Waals surface area contributed by atoms with E-state index in [2.05, 4.69) is 5.32 Å². The summed E-state index contributed by atoms with van der Waals surface area (Å²) in [6, 6.07) is -1.03. The first-order chi connectivity index (χ1) is 8.51. The summed E-state index contributed by atoms with van der Waals surface area (Å²) in [5, 5.41) is 11.3. The topological polar surface area (TPSA) is 92.7 Å². The van der Waals surface area contributed by atoms with Crippen molar-refractivity contribution in [2.24, 2.45) is 0 Å². The Kier molecular flexibility index (Phi) is 8.61. The molecule has 1 atom stereocenters. The predicted molar refractivity (Wildman–Crippen MR) is 65.0 cm³/mol. The molecule has 0 aliphatic rings. The zero-order valence-electron chi connectivity index (χ0n) is 10.9. The predicted octanol–water partition coefficient (Wildman–Crippen LogP) is 1.09. The summed E-state index contributed by atoms with van der Waals surface area (Å²) in [6.07, 6.45) is 1.93. The van der Waals surface area contributed by atoms with Gasteiger partial charge in [0.05, 0.1) is 6.61 Å². The second-order valence-electron chi connectivity index (χ2n) is 3.91. The maximum atomic E-state index is 11.4. The van der Waals surface area contributed by atoms with Crippen molar-refractivity contribution in [1.82, 2.24) is 5.32 Å². The molecule has 6 nitrogen and oxygen atoms in total. The Labute approximate surface area is 107 Å². The fourth-order valence-corrected chi connectivity index (χ4v) is 1.36. The van der Waals surface area contributed by atoms with Crippen molar-refractivity contribution in [2.45, 2.75) is 52.0 Å². The normalized spacial score (nSPS) is 11.7. The molecule has 0 unspecified atom stereocenters. The van der Waals surface area contributed by atoms with Gasteiger partial charge in [0.15, 0.2) is 0 Å². The fraction of sp³-hybridized carbons (Fsp3) is 0.750. The maximum Gasteiger partial charge on any atom is 0.326 e. The van der Waals surface area contributed by atoms with Crippen LogP contribution in [0.2, 0.25) is 0 Å². The van der Waals surface area contributed by atoms with Crippen molar-refractivity contribution < 1.29 is 24.2 Å². The second kappa shape index (κ2) is 9.44. The summed E-state index contributed by atoms with van der Waals surface area (Å²) >= 11 is 0. The van der Waals surface area contributed by atoms with Gasteiger partial charge in [0.1, 0.15) is 6.04 Å². The number of unbranched alkanes of at least 4 members (excludes halogenated alkanes) is 1. The minimum absolute atomic E-state index is 0.0150. The Morgan fingerprint density at radius 1 is 1.22 bits per heavy atom. The van der Waals surface area contributed by atoms with Crippen molar-refractivity contribution in [3.8, 4) is 0 Å². The van der Waals surface area contributed by atoms with Gasteiger partial charge >= 0.3 is 11.9 Å². The standard InChI is InChI=1S/C12H21NO5/c1-3-5-6-10(14)13-9(12(16)17)7-8-11(15)18-4-2/h9H,3-8H2,1-2H3,(H,13,14)(H,16,17)/t9-/m0/s1. The summed E-state index contributed by atoms with van der Waals surface area (Å²) in [4.78, 5) is 33.4. The number of hydrogen-bond donors (Lipinski definition) is 2. The molecule has 1 amide bonds. The van der Waals surface area contributed by atoms with E-state index in [1.807, 2.05) is 6.92 Å². The average molecular weight is 259 g/mol. The Bertz CT molecular complexity index is 290. The quantitative estimate of drug-likeness (QED) is 0.605. The first-order valence-corrected chi connectivity index (χ1v) is 6.19. The molecule has 0 aliphatic heterocycles. The van der Waals surface area contributed by atoms with Crippen LogP contribution >= 0.6 is 0 Å². The highest BCUT2D eigenvalue weighted by atomic mass is 16.5. The molecular weight excluding hydrogens is 238 g/mol. The van der Waals surface area contributed by atoms with Crippen LogP contribution in [0.1, 0.15) is 46.0 Å². The number of nitrogens with one attached hydrogen (secondary N) is 1. The molecule has 0 fully saturated rings. The lowest BCUT2D eigenvalue weighted by molar-refractivity contribution is -0.145. The third-order valence-electron chi connectivity index (χ3n) is 2.33. The molecule has 104 valence electrons. The zero-order valence-corrected chi connectivity index (χ0v) is 10.9. The van der Waals surface area contributed by atoms with E-state index < -0.39 is 18.0 Å². The molecule has 18 heavy (non-hydrogen) atoms. The fourth-order valence-electron chi connectivity index (χ4n) is 1.36. The molecule has 0 rings (SSSR count). The van der Waals surface area contributed by atoms with Gasteiger partial charge in [-0.15, -0.1) is 0 Å². The average Bonchev–Trinajstić information content (AvgIpc) is 2.31. The van der Waals surface area contributed by atoms with Crippen LogP contribution in [-0.2, 0) is 19.1 Å². The van der Waals surface area contributed by atoms with Crippen LogP contribution in [0.3, 0.4) is 0 Å². The van der Waals surface area contributed by atoms with E-state index in [1.54, 1.807) is 6.92 Å². The minimum Gasteiger partial charge on any atom is -0.480 e. The van der Waals surface area contributed by atoms with Gasteiger partial charge < -0.3 is 15.2 Å². The van der Waals surface area contributed by atoms with Crippen LogP contribution < -0.4 is 5.32 Å². The number of carboxylic acid groups (broad SMARTS) is 1. The SMILES string of the molecule is CCCCC(=O)N[C@@H](CCC(=O)OCC)C(=O)O. The molecule has 0 aromatic rings. The number of carboxylic acids is 1. The molecule has 0 saturated carbocycles. The van der Waals surface area contributed by atoms with Gasteiger partial charge in [-0.25, -0.2) is 4.79 Å². The number of carbonyl (C=O) groups excluding carboxylic acids is 2. The lowest BCUT2D eigenvalue weighted by atomic mass is 10.1. The molecule has 0 aromatic carbocycles. The monoisotopic (exact) mass is 259 g/mol. The number of hydrogen-bond acceptors (Lipinski definition) is 4. The number of esters is 1. The highest BCUT2D eigenvalue weighted by molar-refractivity contribution is 5.83. The van der Waals surface area contributed by atoms with E-state index in [9.17, 15) is 14.4 Å². The highest BCUT2D eigenvalue weighted by Crippen LogP contribution is 2.02. The van der Waals surface area contributed by atoms with Crippen molar-refractivity contribution in [3.05, 3.63) is 0 Å². The number of carbonyl (C=O) groups is 3. The van der Waals surface area contributed by atoms with Crippen LogP contribution in [0, 0.1) is 0 Å². The molecule has 0 saturated heterocycles. The van der Waals surface area contributed by atoms with Crippen molar-refractivity contribution in [1.29, 1.82) is 0 Å². The number of amides is 1. The molecule has 0 bridgehead atoms. The maximum absolute atomic E-state index is 11.4. The molecule has 0 spiro atoms. The first-order valence-electron chi connectivity index (χ1n) is 6.19. The van der Waals surface area contributed by atoms with Crippen LogP contribution in [0.25, 0.3) is 0 Å². The van der Waals surface area contributed by atoms with Gasteiger partial charge in [0, 0.05) is 12.8 Å². The number of aliphatic carboxylic acids is 1. The summed E-state index contributed by atoms with van der Waals surface area (Å²) in [5.41, 5.74) is 0.